The fraction of sp³-hybridized carbons (Fsp3) is 0.324. The Hall–Kier alpha value is -4.54. The van der Waals surface area contributed by atoms with Crippen molar-refractivity contribution in [1.82, 2.24) is 15.2 Å². The van der Waals surface area contributed by atoms with Crippen LogP contribution in [-0.2, 0) is 14.3 Å². The number of halogens is 1. The third kappa shape index (κ3) is 7.89. The van der Waals surface area contributed by atoms with E-state index < -0.39 is 17.8 Å². The van der Waals surface area contributed by atoms with Crippen molar-refractivity contribution in [3.8, 4) is 11.3 Å². The molecular formula is C34H40FN5O4. The van der Waals surface area contributed by atoms with Crippen LogP contribution in [0.15, 0.2) is 85.0 Å². The van der Waals surface area contributed by atoms with Crippen LogP contribution >= 0.6 is 0 Å². The Kier molecular flexibility index (Phi) is 11.2. The van der Waals surface area contributed by atoms with Crippen molar-refractivity contribution in [2.24, 2.45) is 5.92 Å². The number of aromatic nitrogens is 1. The van der Waals surface area contributed by atoms with Crippen molar-refractivity contribution in [3.05, 3.63) is 90.8 Å². The molecule has 1 fully saturated rings. The van der Waals surface area contributed by atoms with Gasteiger partial charge < -0.3 is 25.0 Å². The summed E-state index contributed by atoms with van der Waals surface area (Å²) in [6.07, 6.45) is 7.80. The second-order valence-electron chi connectivity index (χ2n) is 10.7. The molecule has 1 aliphatic rings. The second kappa shape index (κ2) is 15.3. The monoisotopic (exact) mass is 601 g/mol. The first kappa shape index (κ1) is 32.4. The van der Waals surface area contributed by atoms with Crippen LogP contribution in [0.5, 0.6) is 0 Å². The van der Waals surface area contributed by atoms with Gasteiger partial charge in [-0.1, -0.05) is 61.2 Å². The molecule has 1 aliphatic heterocycles. The van der Waals surface area contributed by atoms with Gasteiger partial charge in [0.15, 0.2) is 0 Å². The molecule has 0 saturated carbocycles. The Morgan fingerprint density at radius 2 is 1.91 bits per heavy atom. The topological polar surface area (TPSA) is 96.0 Å². The summed E-state index contributed by atoms with van der Waals surface area (Å²) in [7, 11) is 4.66. The molecule has 232 valence electrons. The summed E-state index contributed by atoms with van der Waals surface area (Å²) in [5, 5.41) is 7.22. The molecular weight excluding hydrogens is 561 g/mol. The first-order valence-corrected chi connectivity index (χ1v) is 14.5. The highest BCUT2D eigenvalue weighted by atomic mass is 19.1. The maximum Gasteiger partial charge on any atom is 0.325 e. The van der Waals surface area contributed by atoms with Gasteiger partial charge in [0, 0.05) is 56.0 Å². The van der Waals surface area contributed by atoms with Gasteiger partial charge in [-0.05, 0) is 30.7 Å². The molecule has 0 unspecified atom stereocenters. The third-order valence-electron chi connectivity index (χ3n) is 7.60. The number of benzene rings is 2. The van der Waals surface area contributed by atoms with Crippen molar-refractivity contribution in [2.45, 2.75) is 13.0 Å². The van der Waals surface area contributed by atoms with Gasteiger partial charge in [0.2, 0.25) is 0 Å². The summed E-state index contributed by atoms with van der Waals surface area (Å²) in [5.74, 6) is -0.562. The average Bonchev–Trinajstić information content (AvgIpc) is 3.42. The molecule has 0 radical (unpaired) electrons. The molecule has 9 nitrogen and oxygen atoms in total. The SMILES string of the molecule is C=C(/C=C\C=C/C)[C@@H]1CN(CCOC)C[C@H]1NC(=O)Nc1c(-c2ccccc2)nc(N(C)CC(=O)OC)c2cc(F)ccc12. The summed E-state index contributed by atoms with van der Waals surface area (Å²) in [6, 6.07) is 13.1. The van der Waals surface area contributed by atoms with E-state index in [1.54, 1.807) is 25.1 Å². The number of likely N-dealkylation sites (tertiary alicyclic amines) is 1. The van der Waals surface area contributed by atoms with Crippen LogP contribution in [0.2, 0.25) is 0 Å². The Labute approximate surface area is 258 Å². The highest BCUT2D eigenvalue weighted by Gasteiger charge is 2.35. The normalized spacial score (nSPS) is 16.9. The number of rotatable bonds is 12. The van der Waals surface area contributed by atoms with Gasteiger partial charge in [-0.25, -0.2) is 14.2 Å². The summed E-state index contributed by atoms with van der Waals surface area (Å²) < 4.78 is 24.7. The fourth-order valence-corrected chi connectivity index (χ4v) is 5.37. The molecule has 10 heteroatoms. The zero-order chi connectivity index (χ0) is 31.6. The lowest BCUT2D eigenvalue weighted by atomic mass is 9.95. The zero-order valence-electron chi connectivity index (χ0n) is 25.7. The van der Waals surface area contributed by atoms with Gasteiger partial charge >= 0.3 is 12.0 Å². The predicted octanol–water partition coefficient (Wildman–Crippen LogP) is 5.41. The molecule has 2 heterocycles. The smallest absolute Gasteiger partial charge is 0.325 e. The molecule has 2 amide bonds. The highest BCUT2D eigenvalue weighted by Crippen LogP contribution is 2.38. The summed E-state index contributed by atoms with van der Waals surface area (Å²) in [5.41, 5.74) is 2.57. The van der Waals surface area contributed by atoms with E-state index >= 15 is 0 Å². The standard InChI is InChI=1S/C34H40FN5O4/c1-6-7-9-12-23(2)28-20-40(17-18-43-4)21-29(28)36-34(42)38-32-26-16-15-25(35)19-27(26)33(39(3)22-30(41)44-5)37-31(32)24-13-10-8-11-14-24/h6-16,19,28-29H,2,17-18,20-22H2,1,3-5H3,(H2,36,38,42)/b7-6-,12-9-/t28-,29+/m0/s1. The molecule has 2 aromatic carbocycles. The lowest BCUT2D eigenvalue weighted by Crippen LogP contribution is -2.43. The van der Waals surface area contributed by atoms with Gasteiger partial charge in [0.1, 0.15) is 18.2 Å². The van der Waals surface area contributed by atoms with Crippen molar-refractivity contribution < 1.29 is 23.5 Å². The van der Waals surface area contributed by atoms with E-state index in [-0.39, 0.29) is 18.5 Å². The quantitative estimate of drug-likeness (QED) is 0.212. The number of urea groups is 1. The van der Waals surface area contributed by atoms with Crippen molar-refractivity contribution in [2.75, 3.05) is 64.3 Å². The number of carbonyl (C=O) groups is 2. The summed E-state index contributed by atoms with van der Waals surface area (Å²) in [4.78, 5) is 34.5. The lowest BCUT2D eigenvalue weighted by Gasteiger charge is -2.24. The minimum absolute atomic E-state index is 0.00832. The van der Waals surface area contributed by atoms with Crippen LogP contribution in [0.3, 0.4) is 0 Å². The number of likely N-dealkylation sites (N-methyl/N-ethyl adjacent to an activating group) is 1. The maximum absolute atomic E-state index is 14.6. The summed E-state index contributed by atoms with van der Waals surface area (Å²) >= 11 is 0. The molecule has 2 atom stereocenters. The van der Waals surface area contributed by atoms with E-state index in [0.29, 0.717) is 41.1 Å². The van der Waals surface area contributed by atoms with E-state index in [9.17, 15) is 14.0 Å². The van der Waals surface area contributed by atoms with Gasteiger partial charge in [0.05, 0.1) is 31.1 Å². The number of hydrogen-bond acceptors (Lipinski definition) is 7. The molecule has 0 aliphatic carbocycles. The Balaban J connectivity index is 1.72. The van der Waals surface area contributed by atoms with Gasteiger partial charge in [-0.3, -0.25) is 9.69 Å². The summed E-state index contributed by atoms with van der Waals surface area (Å²) in [6.45, 7) is 8.82. The number of pyridine rings is 1. The molecule has 0 bridgehead atoms. The van der Waals surface area contributed by atoms with Crippen LogP contribution in [-0.4, -0.2) is 82.0 Å². The van der Waals surface area contributed by atoms with Crippen LogP contribution < -0.4 is 15.5 Å². The zero-order valence-corrected chi connectivity index (χ0v) is 25.7. The number of nitrogens with one attached hydrogen (secondary N) is 2. The van der Waals surface area contributed by atoms with E-state index in [2.05, 4.69) is 22.1 Å². The van der Waals surface area contributed by atoms with Crippen molar-refractivity contribution in [1.29, 1.82) is 0 Å². The number of nitrogens with zero attached hydrogens (tertiary/aromatic N) is 3. The van der Waals surface area contributed by atoms with Gasteiger partial charge in [-0.15, -0.1) is 0 Å². The molecule has 44 heavy (non-hydrogen) atoms. The van der Waals surface area contributed by atoms with Crippen LogP contribution in [0.1, 0.15) is 6.92 Å². The highest BCUT2D eigenvalue weighted by molar-refractivity contribution is 6.10. The average molecular weight is 602 g/mol. The van der Waals surface area contributed by atoms with Crippen molar-refractivity contribution >= 4 is 34.3 Å². The van der Waals surface area contributed by atoms with Crippen LogP contribution in [0.25, 0.3) is 22.0 Å². The van der Waals surface area contributed by atoms with E-state index in [0.717, 1.165) is 24.2 Å². The molecule has 4 rings (SSSR count). The number of hydrogen-bond donors (Lipinski definition) is 2. The number of carbonyl (C=O) groups excluding carboxylic acids is 2. The Morgan fingerprint density at radius 3 is 2.61 bits per heavy atom. The number of amides is 2. The molecule has 1 aromatic heterocycles. The second-order valence-corrected chi connectivity index (χ2v) is 10.7. The van der Waals surface area contributed by atoms with Crippen LogP contribution in [0, 0.1) is 11.7 Å². The maximum atomic E-state index is 14.6. The molecule has 2 N–H and O–H groups in total. The van der Waals surface area contributed by atoms with E-state index in [1.165, 1.54) is 19.2 Å². The van der Waals surface area contributed by atoms with E-state index in [4.69, 9.17) is 14.5 Å². The molecule has 0 spiro atoms. The number of allylic oxidation sites excluding steroid dienone is 4. The number of ether oxygens (including phenoxy) is 2. The predicted molar refractivity (Wildman–Crippen MR) is 173 cm³/mol. The number of esters is 1. The minimum atomic E-state index is -0.468. The number of anilines is 2. The fourth-order valence-electron chi connectivity index (χ4n) is 5.37. The third-order valence-corrected chi connectivity index (χ3v) is 7.60. The van der Waals surface area contributed by atoms with E-state index in [1.807, 2.05) is 61.6 Å². The lowest BCUT2D eigenvalue weighted by molar-refractivity contribution is -0.138. The van der Waals surface area contributed by atoms with Crippen molar-refractivity contribution in [3.63, 3.8) is 0 Å². The van der Waals surface area contributed by atoms with Gasteiger partial charge in [0.25, 0.3) is 0 Å². The Morgan fingerprint density at radius 1 is 1.14 bits per heavy atom. The minimum Gasteiger partial charge on any atom is -0.468 e. The molecule has 1 saturated heterocycles. The van der Waals surface area contributed by atoms with Gasteiger partial charge in [-0.2, -0.15) is 0 Å². The number of methoxy groups -OCH3 is 2. The first-order valence-electron chi connectivity index (χ1n) is 14.5. The van der Waals surface area contributed by atoms with Crippen LogP contribution in [0.4, 0.5) is 20.7 Å². The largest absolute Gasteiger partial charge is 0.468 e. The number of fused-ring (bicyclic) bond motifs is 1. The molecule has 3 aromatic rings. The Bertz CT molecular complexity index is 1540. The first-order chi connectivity index (χ1) is 21.2.